The summed E-state index contributed by atoms with van der Waals surface area (Å²) in [6.45, 7) is 5.42. The normalized spacial score (nSPS) is 15.6. The van der Waals surface area contributed by atoms with Crippen molar-refractivity contribution in [3.05, 3.63) is 59.7 Å². The highest BCUT2D eigenvalue weighted by Gasteiger charge is 2.37. The van der Waals surface area contributed by atoms with Crippen LogP contribution < -0.4 is 5.32 Å². The molecule has 186 valence electrons. The predicted octanol–water partition coefficient (Wildman–Crippen LogP) is 4.65. The van der Waals surface area contributed by atoms with E-state index in [1.54, 1.807) is 0 Å². The first-order valence-electron chi connectivity index (χ1n) is 12.3. The van der Waals surface area contributed by atoms with Crippen LogP contribution in [0, 0.1) is 11.8 Å². The minimum absolute atomic E-state index is 0.0380. The molecular formula is C28H34N2O5. The fourth-order valence-electron chi connectivity index (χ4n) is 4.88. The van der Waals surface area contributed by atoms with Crippen LogP contribution in [0.15, 0.2) is 48.5 Å². The summed E-state index contributed by atoms with van der Waals surface area (Å²) >= 11 is 0. The molecule has 0 saturated heterocycles. The molecule has 7 nitrogen and oxygen atoms in total. The van der Waals surface area contributed by atoms with Crippen LogP contribution in [0.2, 0.25) is 0 Å². The number of ether oxygens (including phenoxy) is 1. The first-order valence-corrected chi connectivity index (χ1v) is 12.3. The molecule has 7 heteroatoms. The Balaban J connectivity index is 1.39. The summed E-state index contributed by atoms with van der Waals surface area (Å²) in [5, 5.41) is 12.1. The van der Waals surface area contributed by atoms with Gasteiger partial charge in [0.1, 0.15) is 13.2 Å². The van der Waals surface area contributed by atoms with Gasteiger partial charge in [0, 0.05) is 18.0 Å². The highest BCUT2D eigenvalue weighted by Crippen LogP contribution is 2.44. The highest BCUT2D eigenvalue weighted by molar-refractivity contribution is 5.84. The second-order valence-corrected chi connectivity index (χ2v) is 10.6. The number of fused-ring (bicyclic) bond motifs is 3. The van der Waals surface area contributed by atoms with Crippen molar-refractivity contribution in [1.29, 1.82) is 0 Å². The van der Waals surface area contributed by atoms with Crippen LogP contribution in [0.25, 0.3) is 11.1 Å². The Kier molecular flexibility index (Phi) is 7.15. The number of aliphatic carboxylic acids is 1. The third-order valence-corrected chi connectivity index (χ3v) is 6.87. The van der Waals surface area contributed by atoms with Gasteiger partial charge in [0.2, 0.25) is 5.91 Å². The Bertz CT molecular complexity index is 1060. The Labute approximate surface area is 206 Å². The van der Waals surface area contributed by atoms with Gasteiger partial charge in [-0.2, -0.15) is 0 Å². The molecular weight excluding hydrogens is 444 g/mol. The number of rotatable bonds is 9. The Morgan fingerprint density at radius 3 is 2.11 bits per heavy atom. The molecule has 0 aliphatic heterocycles. The van der Waals surface area contributed by atoms with Gasteiger partial charge in [-0.25, -0.2) is 4.79 Å². The fraction of sp³-hybridized carbons (Fsp3) is 0.464. The van der Waals surface area contributed by atoms with Gasteiger partial charge in [-0.3, -0.25) is 9.59 Å². The van der Waals surface area contributed by atoms with Crippen molar-refractivity contribution >= 4 is 18.0 Å². The van der Waals surface area contributed by atoms with Crippen molar-refractivity contribution in [1.82, 2.24) is 10.2 Å². The number of nitrogens with one attached hydrogen (secondary N) is 1. The zero-order chi connectivity index (χ0) is 25.2. The second kappa shape index (κ2) is 10.1. The predicted molar refractivity (Wildman–Crippen MR) is 133 cm³/mol. The van der Waals surface area contributed by atoms with E-state index in [0.717, 1.165) is 35.1 Å². The molecule has 4 rings (SSSR count). The number of hydrogen-bond donors (Lipinski definition) is 2. The zero-order valence-electron chi connectivity index (χ0n) is 20.6. The third kappa shape index (κ3) is 5.84. The molecule has 0 heterocycles. The molecule has 35 heavy (non-hydrogen) atoms. The molecule has 0 spiro atoms. The molecule has 0 aromatic heterocycles. The van der Waals surface area contributed by atoms with E-state index in [-0.39, 0.29) is 31.5 Å². The van der Waals surface area contributed by atoms with E-state index in [0.29, 0.717) is 12.3 Å². The molecule has 2 N–H and O–H groups in total. The maximum atomic E-state index is 13.3. The molecule has 1 unspecified atom stereocenters. The van der Waals surface area contributed by atoms with Crippen LogP contribution in [0.5, 0.6) is 0 Å². The number of carbonyl (C=O) groups excluding carboxylic acids is 2. The molecule has 0 bridgehead atoms. The summed E-state index contributed by atoms with van der Waals surface area (Å²) in [5.41, 5.74) is 3.96. The molecule has 1 atom stereocenters. The number of carbonyl (C=O) groups is 3. The van der Waals surface area contributed by atoms with Gasteiger partial charge in [-0.05, 0) is 55.4 Å². The first-order chi connectivity index (χ1) is 16.6. The Morgan fingerprint density at radius 1 is 1.03 bits per heavy atom. The maximum Gasteiger partial charge on any atom is 0.407 e. The highest BCUT2D eigenvalue weighted by atomic mass is 16.5. The first kappa shape index (κ1) is 24.8. The summed E-state index contributed by atoms with van der Waals surface area (Å²) in [4.78, 5) is 38.7. The quantitative estimate of drug-likeness (QED) is 0.547. The van der Waals surface area contributed by atoms with Crippen LogP contribution in [-0.4, -0.2) is 53.2 Å². The van der Waals surface area contributed by atoms with E-state index >= 15 is 0 Å². The minimum atomic E-state index is -1.05. The molecule has 2 aliphatic rings. The average Bonchev–Trinajstić information content (AvgIpc) is 3.58. The number of alkyl carbamates (subject to hydrolysis) is 1. The largest absolute Gasteiger partial charge is 0.480 e. The van der Waals surface area contributed by atoms with Gasteiger partial charge in [-0.15, -0.1) is 0 Å². The molecule has 2 aliphatic carbocycles. The Hall–Kier alpha value is -3.35. The maximum absolute atomic E-state index is 13.3. The van der Waals surface area contributed by atoms with Crippen LogP contribution in [0.1, 0.15) is 57.1 Å². The van der Waals surface area contributed by atoms with E-state index < -0.39 is 23.5 Å². The van der Waals surface area contributed by atoms with Crippen molar-refractivity contribution < 1.29 is 24.2 Å². The summed E-state index contributed by atoms with van der Waals surface area (Å²) < 4.78 is 5.61. The molecule has 1 saturated carbocycles. The van der Waals surface area contributed by atoms with Crippen molar-refractivity contribution in [3.8, 4) is 11.1 Å². The van der Waals surface area contributed by atoms with Gasteiger partial charge in [0.25, 0.3) is 0 Å². The molecule has 2 aromatic carbocycles. The van der Waals surface area contributed by atoms with Gasteiger partial charge >= 0.3 is 12.1 Å². The molecule has 1 fully saturated rings. The van der Waals surface area contributed by atoms with Crippen LogP contribution in [0.3, 0.4) is 0 Å². The lowest BCUT2D eigenvalue weighted by molar-refractivity contribution is -0.150. The van der Waals surface area contributed by atoms with E-state index in [1.807, 2.05) is 45.0 Å². The summed E-state index contributed by atoms with van der Waals surface area (Å²) in [5.74, 6) is -1.38. The lowest BCUT2D eigenvalue weighted by atomic mass is 9.96. The SMILES string of the molecule is CC(C)(C)N(CC(=O)O)C(=O)C(CNC(=O)OCC1c2ccccc2-c2ccccc21)CC1CC1. The summed E-state index contributed by atoms with van der Waals surface area (Å²) in [6.07, 6.45) is 2.18. The topological polar surface area (TPSA) is 95.9 Å². The van der Waals surface area contributed by atoms with Crippen molar-refractivity contribution in [2.45, 2.75) is 51.5 Å². The summed E-state index contributed by atoms with van der Waals surface area (Å²) in [6, 6.07) is 16.3. The standard InChI is InChI=1S/C28H34N2O5/c1-28(2,3)30(16-25(31)32)26(33)19(14-18-12-13-18)15-29-27(34)35-17-24-22-10-6-4-8-20(22)21-9-5-7-11-23(21)24/h4-11,18-19,24H,12-17H2,1-3H3,(H,29,34)(H,31,32). The zero-order valence-corrected chi connectivity index (χ0v) is 20.6. The average molecular weight is 479 g/mol. The van der Waals surface area contributed by atoms with Gasteiger partial charge in [0.15, 0.2) is 0 Å². The number of carboxylic acid groups (broad SMARTS) is 1. The van der Waals surface area contributed by atoms with Crippen LogP contribution >= 0.6 is 0 Å². The minimum Gasteiger partial charge on any atom is -0.480 e. The Morgan fingerprint density at radius 2 is 1.60 bits per heavy atom. The fourth-order valence-corrected chi connectivity index (χ4v) is 4.88. The van der Waals surface area contributed by atoms with Gasteiger partial charge in [-0.1, -0.05) is 61.4 Å². The molecule has 2 amide bonds. The van der Waals surface area contributed by atoms with Crippen molar-refractivity contribution in [2.24, 2.45) is 11.8 Å². The van der Waals surface area contributed by atoms with E-state index in [1.165, 1.54) is 4.90 Å². The second-order valence-electron chi connectivity index (χ2n) is 10.6. The van der Waals surface area contributed by atoms with Gasteiger partial charge < -0.3 is 20.1 Å². The van der Waals surface area contributed by atoms with Gasteiger partial charge in [0.05, 0.1) is 5.92 Å². The number of nitrogens with zero attached hydrogens (tertiary/aromatic N) is 1. The van der Waals surface area contributed by atoms with Crippen molar-refractivity contribution in [3.63, 3.8) is 0 Å². The smallest absolute Gasteiger partial charge is 0.407 e. The monoisotopic (exact) mass is 478 g/mol. The number of amides is 2. The lowest BCUT2D eigenvalue weighted by Gasteiger charge is -2.37. The van der Waals surface area contributed by atoms with Crippen molar-refractivity contribution in [2.75, 3.05) is 19.7 Å². The van der Waals surface area contributed by atoms with E-state index in [2.05, 4.69) is 29.6 Å². The summed E-state index contributed by atoms with van der Waals surface area (Å²) in [7, 11) is 0. The molecule has 0 radical (unpaired) electrons. The number of hydrogen-bond acceptors (Lipinski definition) is 4. The van der Waals surface area contributed by atoms with E-state index in [9.17, 15) is 19.5 Å². The lowest BCUT2D eigenvalue weighted by Crippen LogP contribution is -2.52. The van der Waals surface area contributed by atoms with E-state index in [4.69, 9.17) is 4.74 Å². The number of benzene rings is 2. The number of carboxylic acids is 1. The third-order valence-electron chi connectivity index (χ3n) is 6.87. The molecule has 2 aromatic rings. The van der Waals surface area contributed by atoms with Crippen LogP contribution in [-0.2, 0) is 14.3 Å². The van der Waals surface area contributed by atoms with Crippen LogP contribution in [0.4, 0.5) is 4.79 Å².